The van der Waals surface area contributed by atoms with Crippen LogP contribution >= 0.6 is 0 Å². The van der Waals surface area contributed by atoms with Crippen molar-refractivity contribution in [1.29, 1.82) is 0 Å². The van der Waals surface area contributed by atoms with Crippen LogP contribution in [-0.2, 0) is 13.5 Å². The monoisotopic (exact) mass is 263 g/mol. The zero-order valence-corrected chi connectivity index (χ0v) is 12.0. The molecule has 0 bridgehead atoms. The van der Waals surface area contributed by atoms with Gasteiger partial charge in [0.05, 0.1) is 6.20 Å². The first kappa shape index (κ1) is 13.9. The molecular formula is C14H25N5. The third-order valence-corrected chi connectivity index (χ3v) is 3.24. The largest absolute Gasteiger partial charge is 0.357 e. The van der Waals surface area contributed by atoms with Crippen molar-refractivity contribution in [2.75, 3.05) is 19.6 Å². The molecule has 1 heterocycles. The number of nitrogens with one attached hydrogen (secondary N) is 2. The molecule has 5 nitrogen and oxygen atoms in total. The van der Waals surface area contributed by atoms with Crippen LogP contribution < -0.4 is 10.6 Å². The van der Waals surface area contributed by atoms with E-state index in [0.29, 0.717) is 0 Å². The number of nitrogens with zero attached hydrogens (tertiary/aromatic N) is 3. The summed E-state index contributed by atoms with van der Waals surface area (Å²) in [6.45, 7) is 4.94. The standard InChI is InChI=1S/C14H25N5/c1-3-15-14(17-9-12-6-7-12)16-8-4-5-13-10-18-19(2)11-13/h10-12H,3-9H2,1-2H3,(H2,15,16,17). The minimum absolute atomic E-state index is 0.839. The topological polar surface area (TPSA) is 54.2 Å². The normalized spacial score (nSPS) is 15.6. The van der Waals surface area contributed by atoms with E-state index >= 15 is 0 Å². The molecule has 0 atom stereocenters. The van der Waals surface area contributed by atoms with Crippen LogP contribution in [0.25, 0.3) is 0 Å². The fraction of sp³-hybridized carbons (Fsp3) is 0.714. The zero-order chi connectivity index (χ0) is 13.5. The van der Waals surface area contributed by atoms with Gasteiger partial charge >= 0.3 is 0 Å². The number of hydrogen-bond donors (Lipinski definition) is 2. The summed E-state index contributed by atoms with van der Waals surface area (Å²) < 4.78 is 1.85. The first-order chi connectivity index (χ1) is 9.28. The van der Waals surface area contributed by atoms with Gasteiger partial charge in [-0.3, -0.25) is 9.67 Å². The molecule has 0 aromatic carbocycles. The van der Waals surface area contributed by atoms with Crippen LogP contribution in [0.2, 0.25) is 0 Å². The van der Waals surface area contributed by atoms with Crippen molar-refractivity contribution in [3.63, 3.8) is 0 Å². The zero-order valence-electron chi connectivity index (χ0n) is 12.0. The van der Waals surface area contributed by atoms with Crippen LogP contribution in [0.3, 0.4) is 0 Å². The maximum Gasteiger partial charge on any atom is 0.191 e. The van der Waals surface area contributed by atoms with E-state index in [1.165, 1.54) is 18.4 Å². The molecule has 0 saturated heterocycles. The second-order valence-corrected chi connectivity index (χ2v) is 5.22. The van der Waals surface area contributed by atoms with Gasteiger partial charge in [-0.25, -0.2) is 0 Å². The molecule has 1 fully saturated rings. The Morgan fingerprint density at radius 1 is 1.47 bits per heavy atom. The molecule has 0 unspecified atom stereocenters. The van der Waals surface area contributed by atoms with Gasteiger partial charge in [-0.2, -0.15) is 5.10 Å². The highest BCUT2D eigenvalue weighted by molar-refractivity contribution is 5.79. The van der Waals surface area contributed by atoms with Gasteiger partial charge in [0.2, 0.25) is 0 Å². The first-order valence-corrected chi connectivity index (χ1v) is 7.27. The summed E-state index contributed by atoms with van der Waals surface area (Å²) >= 11 is 0. The number of guanidine groups is 1. The Bertz CT molecular complexity index is 406. The fourth-order valence-electron chi connectivity index (χ4n) is 1.96. The maximum absolute atomic E-state index is 4.60. The van der Waals surface area contributed by atoms with Crippen molar-refractivity contribution in [3.8, 4) is 0 Å². The van der Waals surface area contributed by atoms with Crippen molar-refractivity contribution in [2.24, 2.45) is 18.0 Å². The lowest BCUT2D eigenvalue weighted by Gasteiger charge is -2.10. The van der Waals surface area contributed by atoms with Crippen molar-refractivity contribution >= 4 is 5.96 Å². The van der Waals surface area contributed by atoms with Gasteiger partial charge in [-0.1, -0.05) is 0 Å². The van der Waals surface area contributed by atoms with Crippen LogP contribution in [-0.4, -0.2) is 35.4 Å². The lowest BCUT2D eigenvalue weighted by molar-refractivity contribution is 0.734. The highest BCUT2D eigenvalue weighted by Gasteiger charge is 2.20. The van der Waals surface area contributed by atoms with E-state index in [1.807, 2.05) is 17.9 Å². The van der Waals surface area contributed by atoms with Crippen LogP contribution in [0.4, 0.5) is 0 Å². The lowest BCUT2D eigenvalue weighted by Crippen LogP contribution is -2.38. The van der Waals surface area contributed by atoms with E-state index < -0.39 is 0 Å². The minimum atomic E-state index is 0.839. The summed E-state index contributed by atoms with van der Waals surface area (Å²) in [5.41, 5.74) is 1.30. The van der Waals surface area contributed by atoms with E-state index in [-0.39, 0.29) is 0 Å². The van der Waals surface area contributed by atoms with Crippen molar-refractivity contribution in [2.45, 2.75) is 32.6 Å². The Kier molecular flexibility index (Phi) is 5.24. The number of rotatable bonds is 7. The highest BCUT2D eigenvalue weighted by Crippen LogP contribution is 2.28. The molecule has 0 spiro atoms. The molecule has 19 heavy (non-hydrogen) atoms. The summed E-state index contributed by atoms with van der Waals surface area (Å²) in [5, 5.41) is 10.9. The average molecular weight is 263 g/mol. The second-order valence-electron chi connectivity index (χ2n) is 5.22. The summed E-state index contributed by atoms with van der Waals surface area (Å²) in [6.07, 6.45) is 8.87. The fourth-order valence-corrected chi connectivity index (χ4v) is 1.96. The quantitative estimate of drug-likeness (QED) is 0.443. The third-order valence-electron chi connectivity index (χ3n) is 3.24. The van der Waals surface area contributed by atoms with Gasteiger partial charge in [0.1, 0.15) is 0 Å². The molecule has 1 aliphatic rings. The van der Waals surface area contributed by atoms with Crippen LogP contribution in [0.5, 0.6) is 0 Å². The van der Waals surface area contributed by atoms with Crippen LogP contribution in [0.15, 0.2) is 17.4 Å². The van der Waals surface area contributed by atoms with Crippen LogP contribution in [0.1, 0.15) is 31.7 Å². The summed E-state index contributed by atoms with van der Waals surface area (Å²) in [5.74, 6) is 1.80. The van der Waals surface area contributed by atoms with Gasteiger partial charge < -0.3 is 10.6 Å². The van der Waals surface area contributed by atoms with Gasteiger partial charge in [0.25, 0.3) is 0 Å². The second kappa shape index (κ2) is 7.16. The number of aliphatic imine (C=N–C) groups is 1. The van der Waals surface area contributed by atoms with E-state index in [2.05, 4.69) is 33.8 Å². The van der Waals surface area contributed by atoms with Gasteiger partial charge in [-0.15, -0.1) is 0 Å². The van der Waals surface area contributed by atoms with Crippen molar-refractivity contribution < 1.29 is 0 Å². The highest BCUT2D eigenvalue weighted by atomic mass is 15.2. The van der Waals surface area contributed by atoms with Gasteiger partial charge in [0.15, 0.2) is 5.96 Å². The predicted molar refractivity (Wildman–Crippen MR) is 78.2 cm³/mol. The summed E-state index contributed by atoms with van der Waals surface area (Å²) in [6, 6.07) is 0. The molecule has 2 rings (SSSR count). The first-order valence-electron chi connectivity index (χ1n) is 7.27. The number of aryl methyl sites for hydroxylation is 2. The predicted octanol–water partition coefficient (Wildman–Crippen LogP) is 1.32. The van der Waals surface area contributed by atoms with Crippen molar-refractivity contribution in [3.05, 3.63) is 18.0 Å². The molecular weight excluding hydrogens is 238 g/mol. The molecule has 5 heteroatoms. The van der Waals surface area contributed by atoms with Gasteiger partial charge in [-0.05, 0) is 44.1 Å². The molecule has 1 aromatic heterocycles. The average Bonchev–Trinajstić information content (AvgIpc) is 3.14. The minimum Gasteiger partial charge on any atom is -0.357 e. The molecule has 1 aliphatic carbocycles. The van der Waals surface area contributed by atoms with E-state index in [9.17, 15) is 0 Å². The Balaban J connectivity index is 1.64. The smallest absolute Gasteiger partial charge is 0.191 e. The SMILES string of the molecule is CCNC(=NCC1CC1)NCCCc1cnn(C)c1. The molecule has 1 aromatic rings. The summed E-state index contributed by atoms with van der Waals surface area (Å²) in [7, 11) is 1.95. The third kappa shape index (κ3) is 5.32. The molecule has 0 radical (unpaired) electrons. The van der Waals surface area contributed by atoms with Crippen molar-refractivity contribution in [1.82, 2.24) is 20.4 Å². The lowest BCUT2D eigenvalue weighted by atomic mass is 10.2. The van der Waals surface area contributed by atoms with E-state index in [0.717, 1.165) is 44.4 Å². The number of aromatic nitrogens is 2. The van der Waals surface area contributed by atoms with E-state index in [1.54, 1.807) is 0 Å². The molecule has 0 amide bonds. The Morgan fingerprint density at radius 3 is 2.95 bits per heavy atom. The molecule has 2 N–H and O–H groups in total. The Morgan fingerprint density at radius 2 is 2.32 bits per heavy atom. The summed E-state index contributed by atoms with van der Waals surface area (Å²) in [4.78, 5) is 4.60. The maximum atomic E-state index is 4.60. The molecule has 1 saturated carbocycles. The van der Waals surface area contributed by atoms with Crippen LogP contribution in [0, 0.1) is 5.92 Å². The van der Waals surface area contributed by atoms with E-state index in [4.69, 9.17) is 0 Å². The molecule has 106 valence electrons. The van der Waals surface area contributed by atoms with Gasteiger partial charge in [0, 0.05) is 32.9 Å². The molecule has 0 aliphatic heterocycles. The Hall–Kier alpha value is -1.52. The Labute approximate surface area is 115 Å². The number of hydrogen-bond acceptors (Lipinski definition) is 2.